The summed E-state index contributed by atoms with van der Waals surface area (Å²) in [5, 5.41) is 5.70. The maximum Gasteiger partial charge on any atom is 0.309 e. The molecule has 0 saturated carbocycles. The number of nitrogens with one attached hydrogen (secondary N) is 1. The Labute approximate surface area is 160 Å². The van der Waals surface area contributed by atoms with E-state index in [-0.39, 0.29) is 11.9 Å². The van der Waals surface area contributed by atoms with E-state index in [0.717, 1.165) is 58.1 Å². The lowest BCUT2D eigenvalue weighted by molar-refractivity contribution is -0.149. The number of thiophene rings is 1. The second-order valence-electron chi connectivity index (χ2n) is 6.88. The van der Waals surface area contributed by atoms with Gasteiger partial charge in [0, 0.05) is 51.2 Å². The topological polar surface area (TPSA) is 57.2 Å². The van der Waals surface area contributed by atoms with E-state index >= 15 is 0 Å². The Morgan fingerprint density at radius 1 is 1.38 bits per heavy atom. The Morgan fingerprint density at radius 3 is 2.92 bits per heavy atom. The number of guanidine groups is 1. The van der Waals surface area contributed by atoms with Crippen molar-refractivity contribution in [2.75, 3.05) is 46.4 Å². The lowest BCUT2D eigenvalue weighted by Crippen LogP contribution is -2.48. The van der Waals surface area contributed by atoms with Crippen molar-refractivity contribution in [2.24, 2.45) is 10.9 Å². The quantitative estimate of drug-likeness (QED) is 0.482. The number of aliphatic imine (C=N–C) groups is 1. The van der Waals surface area contributed by atoms with Crippen LogP contribution < -0.4 is 5.32 Å². The molecule has 6 nitrogen and oxygen atoms in total. The fourth-order valence-corrected chi connectivity index (χ4v) is 4.63. The minimum Gasteiger partial charge on any atom is -0.466 e. The van der Waals surface area contributed by atoms with Crippen molar-refractivity contribution in [1.29, 1.82) is 0 Å². The lowest BCUT2D eigenvalue weighted by Gasteiger charge is -2.34. The predicted octanol–water partition coefficient (Wildman–Crippen LogP) is 1.96. The van der Waals surface area contributed by atoms with Crippen molar-refractivity contribution < 1.29 is 9.53 Å². The number of nitrogens with zero attached hydrogens (tertiary/aromatic N) is 3. The molecule has 0 amide bonds. The molecule has 1 N–H and O–H groups in total. The van der Waals surface area contributed by atoms with E-state index in [1.54, 1.807) is 4.88 Å². The Hall–Kier alpha value is -1.60. The molecule has 0 spiro atoms. The van der Waals surface area contributed by atoms with Crippen LogP contribution in [0.5, 0.6) is 0 Å². The van der Waals surface area contributed by atoms with Crippen LogP contribution in [0, 0.1) is 5.92 Å². The Kier molecular flexibility index (Phi) is 6.91. The van der Waals surface area contributed by atoms with Gasteiger partial charge in [-0.05, 0) is 43.2 Å². The minimum absolute atomic E-state index is 0.0393. The zero-order chi connectivity index (χ0) is 18.4. The van der Waals surface area contributed by atoms with Crippen LogP contribution in [-0.4, -0.2) is 68.1 Å². The number of likely N-dealkylation sites (tertiary alicyclic amines) is 1. The monoisotopic (exact) mass is 378 g/mol. The molecule has 0 atom stereocenters. The molecular formula is C19H30N4O2S. The first-order chi connectivity index (χ1) is 12.7. The average Bonchev–Trinajstić information content (AvgIpc) is 3.13. The van der Waals surface area contributed by atoms with E-state index in [4.69, 9.17) is 4.74 Å². The van der Waals surface area contributed by atoms with E-state index in [0.29, 0.717) is 6.61 Å². The number of carbonyl (C=O) groups excluding carboxylic acids is 1. The Bertz CT molecular complexity index is 623. The molecule has 1 saturated heterocycles. The zero-order valence-corrected chi connectivity index (χ0v) is 16.7. The molecule has 0 unspecified atom stereocenters. The highest BCUT2D eigenvalue weighted by Gasteiger charge is 2.27. The molecule has 26 heavy (non-hydrogen) atoms. The molecule has 1 aromatic rings. The summed E-state index contributed by atoms with van der Waals surface area (Å²) in [6.07, 6.45) is 2.85. The maximum atomic E-state index is 11.9. The predicted molar refractivity (Wildman–Crippen MR) is 106 cm³/mol. The van der Waals surface area contributed by atoms with Gasteiger partial charge in [0.1, 0.15) is 0 Å². The van der Waals surface area contributed by atoms with Gasteiger partial charge in [0.2, 0.25) is 0 Å². The van der Waals surface area contributed by atoms with E-state index in [2.05, 4.69) is 31.6 Å². The van der Waals surface area contributed by atoms with Gasteiger partial charge in [-0.3, -0.25) is 14.7 Å². The second kappa shape index (κ2) is 9.37. The normalized spacial score (nSPS) is 19.3. The van der Waals surface area contributed by atoms with Crippen LogP contribution >= 0.6 is 11.3 Å². The number of piperidine rings is 1. The summed E-state index contributed by atoms with van der Waals surface area (Å²) in [4.78, 5) is 22.6. The Morgan fingerprint density at radius 2 is 2.19 bits per heavy atom. The van der Waals surface area contributed by atoms with E-state index in [1.165, 1.54) is 12.0 Å². The van der Waals surface area contributed by atoms with Gasteiger partial charge in [0.15, 0.2) is 5.96 Å². The average molecular weight is 379 g/mol. The van der Waals surface area contributed by atoms with Gasteiger partial charge in [-0.1, -0.05) is 0 Å². The second-order valence-corrected chi connectivity index (χ2v) is 7.88. The van der Waals surface area contributed by atoms with Crippen LogP contribution in [0.3, 0.4) is 0 Å². The molecule has 1 aromatic heterocycles. The van der Waals surface area contributed by atoms with Gasteiger partial charge in [-0.25, -0.2) is 0 Å². The summed E-state index contributed by atoms with van der Waals surface area (Å²) >= 11 is 1.88. The number of ether oxygens (including phenoxy) is 1. The number of hydrogen-bond acceptors (Lipinski definition) is 5. The molecule has 0 aliphatic carbocycles. The van der Waals surface area contributed by atoms with Gasteiger partial charge >= 0.3 is 5.97 Å². The molecule has 0 bridgehead atoms. The molecule has 0 radical (unpaired) electrons. The van der Waals surface area contributed by atoms with Gasteiger partial charge in [-0.15, -0.1) is 11.3 Å². The number of hydrogen-bond donors (Lipinski definition) is 1. The summed E-state index contributed by atoms with van der Waals surface area (Å²) in [5.74, 6) is 0.936. The molecule has 2 aliphatic heterocycles. The molecule has 144 valence electrons. The van der Waals surface area contributed by atoms with Crippen molar-refractivity contribution in [3.63, 3.8) is 0 Å². The highest BCUT2D eigenvalue weighted by Crippen LogP contribution is 2.23. The van der Waals surface area contributed by atoms with Crippen LogP contribution in [0.1, 0.15) is 30.2 Å². The van der Waals surface area contributed by atoms with Crippen molar-refractivity contribution in [2.45, 2.75) is 32.7 Å². The van der Waals surface area contributed by atoms with Gasteiger partial charge in [0.25, 0.3) is 0 Å². The fourth-order valence-electron chi connectivity index (χ4n) is 3.74. The summed E-state index contributed by atoms with van der Waals surface area (Å²) in [7, 11) is 1.83. The van der Waals surface area contributed by atoms with E-state index in [1.807, 2.05) is 25.3 Å². The highest BCUT2D eigenvalue weighted by atomic mass is 32.1. The van der Waals surface area contributed by atoms with Crippen LogP contribution in [-0.2, 0) is 22.5 Å². The first kappa shape index (κ1) is 19.2. The molecule has 2 aliphatic rings. The van der Waals surface area contributed by atoms with Crippen LogP contribution in [0.4, 0.5) is 0 Å². The molecular weight excluding hydrogens is 348 g/mol. The summed E-state index contributed by atoms with van der Waals surface area (Å²) in [5.41, 5.74) is 1.49. The highest BCUT2D eigenvalue weighted by molar-refractivity contribution is 7.10. The molecule has 1 fully saturated rings. The lowest BCUT2D eigenvalue weighted by atomic mass is 9.97. The molecule has 0 aromatic carbocycles. The summed E-state index contributed by atoms with van der Waals surface area (Å²) < 4.78 is 5.15. The van der Waals surface area contributed by atoms with Gasteiger partial charge in [0.05, 0.1) is 12.5 Å². The standard InChI is InChI=1S/C19H30N4O2S/c1-3-25-18(24)15-4-10-23(11-5-15)19(20-2)21-8-12-22-9-6-17-16(14-22)7-13-26-17/h7,13,15H,3-6,8-12,14H2,1-2H3,(H,20,21). The first-order valence-corrected chi connectivity index (χ1v) is 10.5. The molecule has 7 heteroatoms. The number of carbonyl (C=O) groups is 1. The Balaban J connectivity index is 1.40. The van der Waals surface area contributed by atoms with Crippen molar-refractivity contribution in [3.05, 3.63) is 21.9 Å². The third-order valence-electron chi connectivity index (χ3n) is 5.22. The third-order valence-corrected chi connectivity index (χ3v) is 6.25. The third kappa shape index (κ3) is 4.76. The van der Waals surface area contributed by atoms with Crippen LogP contribution in [0.25, 0.3) is 0 Å². The zero-order valence-electron chi connectivity index (χ0n) is 15.9. The van der Waals surface area contributed by atoms with Crippen LogP contribution in [0.15, 0.2) is 16.4 Å². The van der Waals surface area contributed by atoms with E-state index < -0.39 is 0 Å². The summed E-state index contributed by atoms with van der Waals surface area (Å²) in [6.45, 7) is 8.14. The molecule has 3 rings (SSSR count). The minimum atomic E-state index is -0.0482. The largest absolute Gasteiger partial charge is 0.466 e. The van der Waals surface area contributed by atoms with Crippen molar-refractivity contribution in [1.82, 2.24) is 15.1 Å². The number of fused-ring (bicyclic) bond motifs is 1. The van der Waals surface area contributed by atoms with Gasteiger partial charge < -0.3 is 15.0 Å². The van der Waals surface area contributed by atoms with Crippen molar-refractivity contribution in [3.8, 4) is 0 Å². The smallest absolute Gasteiger partial charge is 0.309 e. The van der Waals surface area contributed by atoms with Gasteiger partial charge in [-0.2, -0.15) is 0 Å². The SMILES string of the molecule is CCOC(=O)C1CCN(C(=NC)NCCN2CCc3sccc3C2)CC1. The van der Waals surface area contributed by atoms with Crippen LogP contribution in [0.2, 0.25) is 0 Å². The maximum absolute atomic E-state index is 11.9. The first-order valence-electron chi connectivity index (χ1n) is 9.61. The van der Waals surface area contributed by atoms with Crippen molar-refractivity contribution >= 4 is 23.3 Å². The number of rotatable bonds is 5. The molecule has 3 heterocycles. The summed E-state index contributed by atoms with van der Waals surface area (Å²) in [6, 6.07) is 2.26. The fraction of sp³-hybridized carbons (Fsp3) is 0.684. The van der Waals surface area contributed by atoms with E-state index in [9.17, 15) is 4.79 Å². The number of esters is 1.